The molecule has 2 heterocycles. The minimum Gasteiger partial charge on any atom is -0.256 e. The van der Waals surface area contributed by atoms with E-state index in [0.29, 0.717) is 0 Å². The van der Waals surface area contributed by atoms with E-state index in [1.165, 1.54) is 0 Å². The lowest BCUT2D eigenvalue weighted by molar-refractivity contribution is 1.15. The summed E-state index contributed by atoms with van der Waals surface area (Å²) in [5.41, 5.74) is 2.61. The number of pyridine rings is 1. The van der Waals surface area contributed by atoms with Crippen molar-refractivity contribution in [2.45, 2.75) is 0 Å². The van der Waals surface area contributed by atoms with Gasteiger partial charge >= 0.3 is 0 Å². The summed E-state index contributed by atoms with van der Waals surface area (Å²) in [6, 6.07) is 9.97. The molecule has 0 saturated carbocycles. The Balaban J connectivity index is 2.22. The van der Waals surface area contributed by atoms with E-state index in [1.54, 1.807) is 12.4 Å². The molecule has 18 heavy (non-hydrogen) atoms. The first kappa shape index (κ1) is 11.6. The summed E-state index contributed by atoms with van der Waals surface area (Å²) >= 11 is 9.24. The van der Waals surface area contributed by atoms with Crippen LogP contribution in [-0.2, 0) is 0 Å². The van der Waals surface area contributed by atoms with E-state index in [1.807, 2.05) is 30.3 Å². The van der Waals surface area contributed by atoms with E-state index in [-0.39, 0.29) is 5.28 Å². The number of hydrogen-bond donors (Lipinski definition) is 0. The third kappa shape index (κ3) is 2.09. The van der Waals surface area contributed by atoms with Gasteiger partial charge in [0, 0.05) is 23.3 Å². The smallest absolute Gasteiger partial charge is 0.222 e. The summed E-state index contributed by atoms with van der Waals surface area (Å²) < 4.78 is 0.795. The van der Waals surface area contributed by atoms with E-state index in [4.69, 9.17) is 11.6 Å². The van der Waals surface area contributed by atoms with Gasteiger partial charge < -0.3 is 0 Å². The van der Waals surface area contributed by atoms with Gasteiger partial charge in [-0.05, 0) is 39.7 Å². The highest BCUT2D eigenvalue weighted by atomic mass is 79.9. The average Bonchev–Trinajstić information content (AvgIpc) is 2.41. The van der Waals surface area contributed by atoms with Crippen molar-refractivity contribution in [2.24, 2.45) is 0 Å². The molecule has 0 N–H and O–H groups in total. The van der Waals surface area contributed by atoms with Gasteiger partial charge in [-0.1, -0.05) is 18.2 Å². The van der Waals surface area contributed by atoms with Crippen LogP contribution < -0.4 is 0 Å². The molecule has 0 fully saturated rings. The number of aromatic nitrogens is 3. The molecule has 5 heteroatoms. The lowest BCUT2D eigenvalue weighted by atomic mass is 10.1. The van der Waals surface area contributed by atoms with Crippen LogP contribution in [0.5, 0.6) is 0 Å². The minimum atomic E-state index is 0.223. The molecule has 0 aliphatic carbocycles. The van der Waals surface area contributed by atoms with Gasteiger partial charge in [0.15, 0.2) is 0 Å². The number of benzene rings is 1. The van der Waals surface area contributed by atoms with Gasteiger partial charge in [-0.2, -0.15) is 0 Å². The SMILES string of the molecule is Clc1ncc(Br)c(-c2cnc3ccccc3c2)n1. The van der Waals surface area contributed by atoms with Gasteiger partial charge in [-0.25, -0.2) is 9.97 Å². The minimum absolute atomic E-state index is 0.223. The van der Waals surface area contributed by atoms with Crippen LogP contribution in [0.15, 0.2) is 47.2 Å². The van der Waals surface area contributed by atoms with Crippen LogP contribution in [0.2, 0.25) is 5.28 Å². The number of hydrogen-bond acceptors (Lipinski definition) is 3. The van der Waals surface area contributed by atoms with Crippen LogP contribution >= 0.6 is 27.5 Å². The number of fused-ring (bicyclic) bond motifs is 1. The molecular weight excluding hydrogens is 314 g/mol. The number of para-hydroxylation sites is 1. The zero-order valence-corrected chi connectivity index (χ0v) is 11.5. The Morgan fingerprint density at radius 2 is 1.89 bits per heavy atom. The Morgan fingerprint density at radius 1 is 1.06 bits per heavy atom. The topological polar surface area (TPSA) is 38.7 Å². The van der Waals surface area contributed by atoms with Gasteiger partial charge in [0.05, 0.1) is 15.7 Å². The van der Waals surface area contributed by atoms with Crippen molar-refractivity contribution >= 4 is 38.4 Å². The zero-order chi connectivity index (χ0) is 12.5. The third-order valence-corrected chi connectivity index (χ3v) is 3.34. The fourth-order valence-corrected chi connectivity index (χ4v) is 2.30. The number of halogens is 2. The van der Waals surface area contributed by atoms with Gasteiger partial charge in [-0.3, -0.25) is 4.98 Å². The molecule has 0 atom stereocenters. The highest BCUT2D eigenvalue weighted by Crippen LogP contribution is 2.27. The summed E-state index contributed by atoms with van der Waals surface area (Å²) in [5, 5.41) is 1.29. The van der Waals surface area contributed by atoms with E-state index in [2.05, 4.69) is 30.9 Å². The summed E-state index contributed by atoms with van der Waals surface area (Å²) in [7, 11) is 0. The molecule has 2 aromatic heterocycles. The molecule has 0 aliphatic heterocycles. The van der Waals surface area contributed by atoms with Crippen LogP contribution in [0.3, 0.4) is 0 Å². The Morgan fingerprint density at radius 3 is 2.78 bits per heavy atom. The quantitative estimate of drug-likeness (QED) is 0.633. The molecule has 0 aliphatic rings. The van der Waals surface area contributed by atoms with Gasteiger partial charge in [-0.15, -0.1) is 0 Å². The Hall–Kier alpha value is -1.52. The highest BCUT2D eigenvalue weighted by molar-refractivity contribution is 9.10. The lowest BCUT2D eigenvalue weighted by Gasteiger charge is -2.04. The molecule has 3 aromatic rings. The van der Waals surface area contributed by atoms with Crippen molar-refractivity contribution in [3.8, 4) is 11.3 Å². The molecule has 0 bridgehead atoms. The first-order valence-corrected chi connectivity index (χ1v) is 6.44. The lowest BCUT2D eigenvalue weighted by Crippen LogP contribution is -1.90. The largest absolute Gasteiger partial charge is 0.256 e. The summed E-state index contributed by atoms with van der Waals surface area (Å²) in [6.45, 7) is 0. The third-order valence-electron chi connectivity index (χ3n) is 2.58. The first-order valence-electron chi connectivity index (χ1n) is 5.27. The van der Waals surface area contributed by atoms with Crippen molar-refractivity contribution < 1.29 is 0 Å². The average molecular weight is 321 g/mol. The van der Waals surface area contributed by atoms with Crippen molar-refractivity contribution in [2.75, 3.05) is 0 Å². The molecule has 0 radical (unpaired) electrons. The highest BCUT2D eigenvalue weighted by Gasteiger charge is 2.08. The molecule has 0 unspecified atom stereocenters. The van der Waals surface area contributed by atoms with Crippen LogP contribution in [-0.4, -0.2) is 15.0 Å². The number of nitrogens with zero attached hydrogens (tertiary/aromatic N) is 3. The van der Waals surface area contributed by atoms with Crippen molar-refractivity contribution in [3.63, 3.8) is 0 Å². The van der Waals surface area contributed by atoms with Crippen LogP contribution in [0.25, 0.3) is 22.2 Å². The fourth-order valence-electron chi connectivity index (χ4n) is 1.75. The van der Waals surface area contributed by atoms with Crippen LogP contribution in [0.4, 0.5) is 0 Å². The second-order valence-electron chi connectivity index (χ2n) is 3.75. The van der Waals surface area contributed by atoms with Gasteiger partial charge in [0.25, 0.3) is 0 Å². The van der Waals surface area contributed by atoms with Crippen molar-refractivity contribution in [1.29, 1.82) is 0 Å². The molecule has 0 spiro atoms. The second kappa shape index (κ2) is 4.63. The molecule has 3 nitrogen and oxygen atoms in total. The molecule has 1 aromatic carbocycles. The standard InChI is InChI=1S/C13H7BrClN3/c14-10-7-17-13(15)18-12(10)9-5-8-3-1-2-4-11(8)16-6-9/h1-7H. The van der Waals surface area contributed by atoms with Crippen molar-refractivity contribution in [1.82, 2.24) is 15.0 Å². The summed E-state index contributed by atoms with van der Waals surface area (Å²) in [6.07, 6.45) is 3.42. The maximum atomic E-state index is 5.82. The van der Waals surface area contributed by atoms with Gasteiger partial charge in [0.2, 0.25) is 5.28 Å². The predicted octanol–water partition coefficient (Wildman–Crippen LogP) is 4.11. The summed E-state index contributed by atoms with van der Waals surface area (Å²) in [5.74, 6) is 0. The fraction of sp³-hybridized carbons (Fsp3) is 0. The normalized spacial score (nSPS) is 10.8. The summed E-state index contributed by atoms with van der Waals surface area (Å²) in [4.78, 5) is 12.5. The van der Waals surface area contributed by atoms with Gasteiger partial charge in [0.1, 0.15) is 0 Å². The maximum Gasteiger partial charge on any atom is 0.222 e. The molecule has 0 amide bonds. The van der Waals surface area contributed by atoms with E-state index >= 15 is 0 Å². The predicted molar refractivity (Wildman–Crippen MR) is 75.5 cm³/mol. The maximum absolute atomic E-state index is 5.82. The van der Waals surface area contributed by atoms with Crippen LogP contribution in [0.1, 0.15) is 0 Å². The Labute approximate surface area is 117 Å². The molecule has 3 rings (SSSR count). The number of rotatable bonds is 1. The molecular formula is C13H7BrClN3. The Bertz CT molecular complexity index is 730. The van der Waals surface area contributed by atoms with Crippen molar-refractivity contribution in [3.05, 3.63) is 52.5 Å². The molecule has 88 valence electrons. The van der Waals surface area contributed by atoms with E-state index < -0.39 is 0 Å². The van der Waals surface area contributed by atoms with Crippen LogP contribution in [0, 0.1) is 0 Å². The van der Waals surface area contributed by atoms with E-state index in [9.17, 15) is 0 Å². The Kier molecular flexibility index (Phi) is 2.97. The molecule has 0 saturated heterocycles. The zero-order valence-electron chi connectivity index (χ0n) is 9.14. The van der Waals surface area contributed by atoms with E-state index in [0.717, 1.165) is 26.6 Å². The first-order chi connectivity index (χ1) is 8.74. The second-order valence-corrected chi connectivity index (χ2v) is 4.94. The monoisotopic (exact) mass is 319 g/mol.